The number of aromatic nitrogens is 4. The highest BCUT2D eigenvalue weighted by molar-refractivity contribution is 7.89. The Morgan fingerprint density at radius 2 is 1.96 bits per heavy atom. The molecule has 1 fully saturated rings. The first-order valence-corrected chi connectivity index (χ1v) is 9.30. The molecule has 0 unspecified atom stereocenters. The second-order valence-corrected chi connectivity index (χ2v) is 7.80. The van der Waals surface area contributed by atoms with Gasteiger partial charge in [-0.05, 0) is 33.6 Å². The SMILES string of the molecule is Cc1nccc(OC2CCN(S(=O)(=O)c3c(C)n[nH]c3C)CC2)n1. The smallest absolute Gasteiger partial charge is 0.246 e. The first-order valence-electron chi connectivity index (χ1n) is 7.86. The van der Waals surface area contributed by atoms with Crippen LogP contribution in [0.1, 0.15) is 30.1 Å². The molecule has 1 aliphatic heterocycles. The van der Waals surface area contributed by atoms with Crippen LogP contribution in [0.25, 0.3) is 0 Å². The van der Waals surface area contributed by atoms with Crippen molar-refractivity contribution in [1.29, 1.82) is 0 Å². The van der Waals surface area contributed by atoms with Gasteiger partial charge in [0.1, 0.15) is 16.8 Å². The summed E-state index contributed by atoms with van der Waals surface area (Å²) in [6.07, 6.45) is 2.86. The molecule has 8 nitrogen and oxygen atoms in total. The summed E-state index contributed by atoms with van der Waals surface area (Å²) in [6, 6.07) is 1.72. The average Bonchev–Trinajstić information content (AvgIpc) is 2.87. The molecule has 0 spiro atoms. The quantitative estimate of drug-likeness (QED) is 0.892. The number of sulfonamides is 1. The number of ether oxygens (including phenoxy) is 1. The minimum Gasteiger partial charge on any atom is -0.474 e. The van der Waals surface area contributed by atoms with Crippen molar-refractivity contribution < 1.29 is 13.2 Å². The van der Waals surface area contributed by atoms with Crippen LogP contribution in [0.5, 0.6) is 5.88 Å². The van der Waals surface area contributed by atoms with E-state index >= 15 is 0 Å². The van der Waals surface area contributed by atoms with Gasteiger partial charge in [0.15, 0.2) is 0 Å². The molecule has 1 saturated heterocycles. The summed E-state index contributed by atoms with van der Waals surface area (Å²) >= 11 is 0. The van der Waals surface area contributed by atoms with Gasteiger partial charge in [-0.1, -0.05) is 0 Å². The van der Waals surface area contributed by atoms with E-state index in [1.807, 2.05) is 0 Å². The molecule has 0 bridgehead atoms. The molecule has 130 valence electrons. The number of hydrogen-bond donors (Lipinski definition) is 1. The zero-order chi connectivity index (χ0) is 17.3. The van der Waals surface area contributed by atoms with E-state index in [0.29, 0.717) is 49.0 Å². The molecule has 9 heteroatoms. The minimum atomic E-state index is -3.52. The summed E-state index contributed by atoms with van der Waals surface area (Å²) in [7, 11) is -3.52. The molecule has 1 aliphatic rings. The number of rotatable bonds is 4. The van der Waals surface area contributed by atoms with Gasteiger partial charge in [0.25, 0.3) is 0 Å². The van der Waals surface area contributed by atoms with E-state index in [9.17, 15) is 8.42 Å². The van der Waals surface area contributed by atoms with Crippen molar-refractivity contribution in [2.24, 2.45) is 0 Å². The number of hydrogen-bond acceptors (Lipinski definition) is 6. The molecule has 3 heterocycles. The largest absolute Gasteiger partial charge is 0.474 e. The zero-order valence-electron chi connectivity index (χ0n) is 14.0. The lowest BCUT2D eigenvalue weighted by Crippen LogP contribution is -2.42. The maximum atomic E-state index is 12.8. The van der Waals surface area contributed by atoms with Crippen molar-refractivity contribution in [3.05, 3.63) is 29.5 Å². The van der Waals surface area contributed by atoms with Crippen molar-refractivity contribution in [3.8, 4) is 5.88 Å². The lowest BCUT2D eigenvalue weighted by Gasteiger charge is -2.31. The third kappa shape index (κ3) is 3.27. The molecule has 0 aromatic carbocycles. The van der Waals surface area contributed by atoms with E-state index in [4.69, 9.17) is 4.74 Å². The Hall–Kier alpha value is -2.00. The Balaban J connectivity index is 1.67. The maximum Gasteiger partial charge on any atom is 0.246 e. The Labute approximate surface area is 141 Å². The summed E-state index contributed by atoms with van der Waals surface area (Å²) < 4.78 is 33.0. The van der Waals surface area contributed by atoms with Crippen LogP contribution in [0.4, 0.5) is 0 Å². The molecule has 3 rings (SSSR count). The molecular weight excluding hydrogens is 330 g/mol. The van der Waals surface area contributed by atoms with Gasteiger partial charge in [-0.25, -0.2) is 13.4 Å². The van der Waals surface area contributed by atoms with Crippen LogP contribution in [-0.2, 0) is 10.0 Å². The molecule has 1 N–H and O–H groups in total. The molecule has 0 radical (unpaired) electrons. The molecule has 0 atom stereocenters. The van der Waals surface area contributed by atoms with E-state index in [1.54, 1.807) is 33.0 Å². The van der Waals surface area contributed by atoms with Gasteiger partial charge in [0, 0.05) is 25.4 Å². The maximum absolute atomic E-state index is 12.8. The highest BCUT2D eigenvalue weighted by Crippen LogP contribution is 2.26. The Morgan fingerprint density at radius 1 is 1.25 bits per heavy atom. The number of H-pyrrole nitrogens is 1. The van der Waals surface area contributed by atoms with Crippen LogP contribution in [0.15, 0.2) is 17.2 Å². The van der Waals surface area contributed by atoms with Crippen LogP contribution >= 0.6 is 0 Å². The van der Waals surface area contributed by atoms with Crippen molar-refractivity contribution in [2.45, 2.75) is 44.6 Å². The summed E-state index contributed by atoms with van der Waals surface area (Å²) in [5, 5.41) is 6.72. The third-order valence-electron chi connectivity index (χ3n) is 4.10. The Kier molecular flexibility index (Phi) is 4.55. The molecule has 0 aliphatic carbocycles. The van der Waals surface area contributed by atoms with E-state index in [1.165, 1.54) is 4.31 Å². The number of aromatic amines is 1. The molecular formula is C15H21N5O3S. The third-order valence-corrected chi connectivity index (χ3v) is 6.26. The summed E-state index contributed by atoms with van der Waals surface area (Å²) in [5.74, 6) is 1.18. The van der Waals surface area contributed by atoms with Crippen LogP contribution in [0.2, 0.25) is 0 Å². The highest BCUT2D eigenvalue weighted by Gasteiger charge is 2.33. The van der Waals surface area contributed by atoms with Crippen molar-refractivity contribution >= 4 is 10.0 Å². The summed E-state index contributed by atoms with van der Waals surface area (Å²) in [4.78, 5) is 8.54. The fraction of sp³-hybridized carbons (Fsp3) is 0.533. The lowest BCUT2D eigenvalue weighted by atomic mass is 10.1. The van der Waals surface area contributed by atoms with Crippen LogP contribution < -0.4 is 4.74 Å². The predicted octanol–water partition coefficient (Wildman–Crippen LogP) is 1.36. The number of aryl methyl sites for hydroxylation is 3. The summed E-state index contributed by atoms with van der Waals surface area (Å²) in [5.41, 5.74) is 1.07. The van der Waals surface area contributed by atoms with Crippen LogP contribution in [0.3, 0.4) is 0 Å². The molecule has 0 saturated carbocycles. The van der Waals surface area contributed by atoms with E-state index in [0.717, 1.165) is 0 Å². The molecule has 2 aromatic heterocycles. The fourth-order valence-corrected chi connectivity index (χ4v) is 4.71. The van der Waals surface area contributed by atoms with Gasteiger partial charge >= 0.3 is 0 Å². The van der Waals surface area contributed by atoms with E-state index < -0.39 is 10.0 Å². The second-order valence-electron chi connectivity index (χ2n) is 5.93. The first kappa shape index (κ1) is 16.8. The molecule has 0 amide bonds. The van der Waals surface area contributed by atoms with E-state index in [2.05, 4.69) is 20.2 Å². The first-order chi connectivity index (χ1) is 11.4. The highest BCUT2D eigenvalue weighted by atomic mass is 32.2. The van der Waals surface area contributed by atoms with E-state index in [-0.39, 0.29) is 11.0 Å². The zero-order valence-corrected chi connectivity index (χ0v) is 14.8. The second kappa shape index (κ2) is 6.48. The lowest BCUT2D eigenvalue weighted by molar-refractivity contribution is 0.129. The van der Waals surface area contributed by atoms with Gasteiger partial charge in [-0.15, -0.1) is 0 Å². The molecule has 2 aromatic rings. The summed E-state index contributed by atoms with van der Waals surface area (Å²) in [6.45, 7) is 6.06. The van der Waals surface area contributed by atoms with Gasteiger partial charge in [0.05, 0.1) is 11.4 Å². The number of nitrogens with one attached hydrogen (secondary N) is 1. The van der Waals surface area contributed by atoms with Gasteiger partial charge in [0.2, 0.25) is 15.9 Å². The predicted molar refractivity (Wildman–Crippen MR) is 87.2 cm³/mol. The number of nitrogens with zero attached hydrogens (tertiary/aromatic N) is 4. The van der Waals surface area contributed by atoms with Crippen LogP contribution in [0, 0.1) is 20.8 Å². The van der Waals surface area contributed by atoms with Crippen LogP contribution in [-0.4, -0.2) is 52.1 Å². The monoisotopic (exact) mass is 351 g/mol. The van der Waals surface area contributed by atoms with Gasteiger partial charge in [-0.2, -0.15) is 14.4 Å². The van der Waals surface area contributed by atoms with Crippen molar-refractivity contribution in [2.75, 3.05) is 13.1 Å². The Morgan fingerprint density at radius 3 is 2.54 bits per heavy atom. The topological polar surface area (TPSA) is 101 Å². The number of piperidine rings is 1. The minimum absolute atomic E-state index is 0.0442. The van der Waals surface area contributed by atoms with Crippen molar-refractivity contribution in [3.63, 3.8) is 0 Å². The fourth-order valence-electron chi connectivity index (χ4n) is 2.91. The van der Waals surface area contributed by atoms with Gasteiger partial charge < -0.3 is 4.74 Å². The Bertz CT molecular complexity index is 806. The normalized spacial score (nSPS) is 17.1. The van der Waals surface area contributed by atoms with Gasteiger partial charge in [-0.3, -0.25) is 5.10 Å². The van der Waals surface area contributed by atoms with Crippen molar-refractivity contribution in [1.82, 2.24) is 24.5 Å². The standard InChI is InChI=1S/C15H21N5O3S/c1-10-15(11(2)19-18-10)24(21,22)20-8-5-13(6-9-20)23-14-4-7-16-12(3)17-14/h4,7,13H,5-6,8-9H2,1-3H3,(H,18,19). The molecule has 24 heavy (non-hydrogen) atoms. The average molecular weight is 351 g/mol.